The van der Waals surface area contributed by atoms with Crippen LogP contribution in [0.5, 0.6) is 11.6 Å². The Morgan fingerprint density at radius 3 is 2.44 bits per heavy atom. The SMILES string of the molecule is CCn1nc(Oc2ccc(C(F)(F)F)cc2)c(F)c1-c1cccc(C#N)c1. The fraction of sp³-hybridized carbons (Fsp3) is 0.158. The first-order valence-corrected chi connectivity index (χ1v) is 7.95. The van der Waals surface area contributed by atoms with Gasteiger partial charge < -0.3 is 4.74 Å². The molecule has 3 aromatic rings. The Hall–Kier alpha value is -3.34. The lowest BCUT2D eigenvalue weighted by molar-refractivity contribution is -0.137. The van der Waals surface area contributed by atoms with Crippen molar-refractivity contribution in [3.05, 3.63) is 65.5 Å². The Bertz CT molecular complexity index is 1000. The van der Waals surface area contributed by atoms with Crippen LogP contribution in [0.15, 0.2) is 48.5 Å². The number of nitrogens with zero attached hydrogens (tertiary/aromatic N) is 3. The summed E-state index contributed by atoms with van der Waals surface area (Å²) < 4.78 is 59.5. The molecule has 0 atom stereocenters. The van der Waals surface area contributed by atoms with E-state index in [1.165, 1.54) is 10.7 Å². The molecule has 0 amide bonds. The van der Waals surface area contributed by atoms with E-state index in [2.05, 4.69) is 5.10 Å². The lowest BCUT2D eigenvalue weighted by atomic mass is 10.1. The van der Waals surface area contributed by atoms with E-state index in [1.807, 2.05) is 6.07 Å². The van der Waals surface area contributed by atoms with Crippen molar-refractivity contribution in [3.63, 3.8) is 0 Å². The van der Waals surface area contributed by atoms with Crippen LogP contribution in [-0.2, 0) is 12.7 Å². The van der Waals surface area contributed by atoms with Crippen molar-refractivity contribution >= 4 is 0 Å². The van der Waals surface area contributed by atoms with Crippen molar-refractivity contribution in [3.8, 4) is 29.0 Å². The van der Waals surface area contributed by atoms with Gasteiger partial charge in [-0.25, -0.2) is 0 Å². The molecule has 0 saturated heterocycles. The van der Waals surface area contributed by atoms with Crippen molar-refractivity contribution in [1.82, 2.24) is 9.78 Å². The van der Waals surface area contributed by atoms with E-state index in [4.69, 9.17) is 10.00 Å². The third-order valence-corrected chi connectivity index (χ3v) is 3.83. The molecule has 8 heteroatoms. The summed E-state index contributed by atoms with van der Waals surface area (Å²) in [5, 5.41) is 13.1. The monoisotopic (exact) mass is 375 g/mol. The smallest absolute Gasteiger partial charge is 0.416 e. The Morgan fingerprint density at radius 1 is 1.15 bits per heavy atom. The van der Waals surface area contributed by atoms with Gasteiger partial charge in [0.15, 0.2) is 0 Å². The first-order valence-electron chi connectivity index (χ1n) is 7.95. The highest BCUT2D eigenvalue weighted by Crippen LogP contribution is 2.34. The maximum absolute atomic E-state index is 14.9. The zero-order valence-electron chi connectivity index (χ0n) is 14.1. The molecule has 1 aromatic heterocycles. The predicted molar refractivity (Wildman–Crippen MR) is 89.5 cm³/mol. The van der Waals surface area contributed by atoms with Crippen molar-refractivity contribution in [1.29, 1.82) is 5.26 Å². The summed E-state index contributed by atoms with van der Waals surface area (Å²) in [6.45, 7) is 2.09. The minimum atomic E-state index is -4.47. The van der Waals surface area contributed by atoms with E-state index in [9.17, 15) is 17.6 Å². The average molecular weight is 375 g/mol. The second kappa shape index (κ2) is 7.11. The minimum absolute atomic E-state index is 0.0278. The van der Waals surface area contributed by atoms with Crippen LogP contribution in [0, 0.1) is 17.1 Å². The molecule has 0 unspecified atom stereocenters. The van der Waals surface area contributed by atoms with E-state index in [0.29, 0.717) is 17.7 Å². The number of hydrogen-bond acceptors (Lipinski definition) is 3. The molecule has 0 aliphatic rings. The third-order valence-electron chi connectivity index (χ3n) is 3.83. The van der Waals surface area contributed by atoms with Gasteiger partial charge in [-0.1, -0.05) is 12.1 Å². The molecule has 2 aromatic carbocycles. The highest BCUT2D eigenvalue weighted by molar-refractivity contribution is 5.64. The molecule has 0 spiro atoms. The van der Waals surface area contributed by atoms with Crippen molar-refractivity contribution in [2.75, 3.05) is 0 Å². The summed E-state index contributed by atoms with van der Waals surface area (Å²) in [5.41, 5.74) is 0.115. The van der Waals surface area contributed by atoms with Crippen molar-refractivity contribution in [2.45, 2.75) is 19.6 Å². The van der Waals surface area contributed by atoms with Crippen LogP contribution in [0.1, 0.15) is 18.1 Å². The van der Waals surface area contributed by atoms with Gasteiger partial charge in [0.1, 0.15) is 11.4 Å². The minimum Gasteiger partial charge on any atom is -0.435 e. The van der Waals surface area contributed by atoms with Crippen LogP contribution in [0.4, 0.5) is 17.6 Å². The quantitative estimate of drug-likeness (QED) is 0.575. The topological polar surface area (TPSA) is 50.8 Å². The lowest BCUT2D eigenvalue weighted by Gasteiger charge is -2.07. The number of aromatic nitrogens is 2. The van der Waals surface area contributed by atoms with E-state index in [0.717, 1.165) is 24.3 Å². The zero-order chi connectivity index (χ0) is 19.6. The number of nitriles is 1. The van der Waals surface area contributed by atoms with Gasteiger partial charge in [0, 0.05) is 12.1 Å². The van der Waals surface area contributed by atoms with Gasteiger partial charge in [0.25, 0.3) is 5.88 Å². The molecule has 0 N–H and O–H groups in total. The van der Waals surface area contributed by atoms with E-state index >= 15 is 0 Å². The average Bonchev–Trinajstić information content (AvgIpc) is 2.97. The molecule has 0 fully saturated rings. The largest absolute Gasteiger partial charge is 0.435 e. The lowest BCUT2D eigenvalue weighted by Crippen LogP contribution is -2.04. The second-order valence-corrected chi connectivity index (χ2v) is 5.60. The number of aryl methyl sites for hydroxylation is 1. The summed E-state index contributed by atoms with van der Waals surface area (Å²) in [6, 6.07) is 12.2. The van der Waals surface area contributed by atoms with Crippen molar-refractivity contribution < 1.29 is 22.3 Å². The summed E-state index contributed by atoms with van der Waals surface area (Å²) in [5.74, 6) is -1.08. The van der Waals surface area contributed by atoms with Gasteiger partial charge in [-0.15, -0.1) is 5.10 Å². The van der Waals surface area contributed by atoms with Crippen molar-refractivity contribution in [2.24, 2.45) is 0 Å². The van der Waals surface area contributed by atoms with Crippen LogP contribution >= 0.6 is 0 Å². The molecule has 0 radical (unpaired) electrons. The van der Waals surface area contributed by atoms with Gasteiger partial charge in [0.05, 0.1) is 17.2 Å². The zero-order valence-corrected chi connectivity index (χ0v) is 14.1. The normalized spacial score (nSPS) is 11.3. The third kappa shape index (κ3) is 3.77. The first-order chi connectivity index (χ1) is 12.8. The van der Waals surface area contributed by atoms with Crippen LogP contribution in [-0.4, -0.2) is 9.78 Å². The number of benzene rings is 2. The Balaban J connectivity index is 1.96. The fourth-order valence-corrected chi connectivity index (χ4v) is 2.55. The fourth-order valence-electron chi connectivity index (χ4n) is 2.55. The van der Waals surface area contributed by atoms with E-state index < -0.39 is 17.6 Å². The summed E-state index contributed by atoms with van der Waals surface area (Å²) in [6.07, 6.45) is -4.47. The highest BCUT2D eigenvalue weighted by Gasteiger charge is 2.30. The number of ether oxygens (including phenoxy) is 1. The second-order valence-electron chi connectivity index (χ2n) is 5.60. The molecule has 138 valence electrons. The number of alkyl halides is 3. The highest BCUT2D eigenvalue weighted by atomic mass is 19.4. The van der Waals surface area contributed by atoms with Crippen LogP contribution < -0.4 is 4.74 Å². The van der Waals surface area contributed by atoms with E-state index in [1.54, 1.807) is 25.1 Å². The Labute approximate surface area is 152 Å². The van der Waals surface area contributed by atoms with Crippen LogP contribution in [0.25, 0.3) is 11.3 Å². The number of halogens is 4. The maximum atomic E-state index is 14.9. The molecule has 4 nitrogen and oxygen atoms in total. The molecule has 0 aliphatic carbocycles. The first kappa shape index (κ1) is 18.5. The molecule has 0 saturated carbocycles. The molecule has 0 aliphatic heterocycles. The molecule has 27 heavy (non-hydrogen) atoms. The summed E-state index contributed by atoms with van der Waals surface area (Å²) in [4.78, 5) is 0. The van der Waals surface area contributed by atoms with Gasteiger partial charge in [-0.05, 0) is 43.3 Å². The Kier molecular flexibility index (Phi) is 4.86. The van der Waals surface area contributed by atoms with Gasteiger partial charge >= 0.3 is 6.18 Å². The standard InChI is InChI=1S/C19H13F4N3O/c1-2-26-17(13-5-3-4-12(10-13)11-24)16(20)18(25-26)27-15-8-6-14(7-9-15)19(21,22)23/h3-10H,2H2,1H3. The molecular weight excluding hydrogens is 362 g/mol. The molecule has 1 heterocycles. The number of rotatable bonds is 4. The van der Waals surface area contributed by atoms with Gasteiger partial charge in [-0.2, -0.15) is 22.8 Å². The van der Waals surface area contributed by atoms with E-state index in [-0.39, 0.29) is 17.3 Å². The van der Waals surface area contributed by atoms with Gasteiger partial charge in [0.2, 0.25) is 5.82 Å². The predicted octanol–water partition coefficient (Wildman–Crippen LogP) is 5.39. The summed E-state index contributed by atoms with van der Waals surface area (Å²) >= 11 is 0. The number of hydrogen-bond donors (Lipinski definition) is 0. The van der Waals surface area contributed by atoms with Crippen LogP contribution in [0.3, 0.4) is 0 Å². The summed E-state index contributed by atoms with van der Waals surface area (Å²) in [7, 11) is 0. The Morgan fingerprint density at radius 2 is 1.85 bits per heavy atom. The molecule has 3 rings (SSSR count). The maximum Gasteiger partial charge on any atom is 0.416 e. The molecule has 0 bridgehead atoms. The molecular formula is C19H13F4N3O. The van der Waals surface area contributed by atoms with Gasteiger partial charge in [-0.3, -0.25) is 4.68 Å². The van der Waals surface area contributed by atoms with Crippen LogP contribution in [0.2, 0.25) is 0 Å².